The second kappa shape index (κ2) is 8.46. The molecular formula is C25H28N4O2. The summed E-state index contributed by atoms with van der Waals surface area (Å²) in [6, 6.07) is 16.7. The van der Waals surface area contributed by atoms with Gasteiger partial charge in [0, 0.05) is 31.6 Å². The third-order valence-electron chi connectivity index (χ3n) is 6.06. The number of nitrogens with one attached hydrogen (secondary N) is 1. The van der Waals surface area contributed by atoms with Crippen LogP contribution in [0.5, 0.6) is 11.5 Å². The van der Waals surface area contributed by atoms with Crippen molar-refractivity contribution in [3.8, 4) is 11.5 Å². The second-order valence-corrected chi connectivity index (χ2v) is 8.24. The number of benzene rings is 2. The lowest BCUT2D eigenvalue weighted by molar-refractivity contribution is 0.353. The van der Waals surface area contributed by atoms with Crippen LogP contribution in [-0.2, 0) is 19.5 Å². The van der Waals surface area contributed by atoms with E-state index in [-0.39, 0.29) is 0 Å². The van der Waals surface area contributed by atoms with Crippen LogP contribution in [0.2, 0.25) is 0 Å². The molecule has 1 aliphatic heterocycles. The molecule has 0 bridgehead atoms. The van der Waals surface area contributed by atoms with E-state index in [0.717, 1.165) is 42.5 Å². The minimum absolute atomic E-state index is 0.570. The van der Waals surface area contributed by atoms with Crippen LogP contribution < -0.4 is 19.7 Å². The highest BCUT2D eigenvalue weighted by molar-refractivity contribution is 5.53. The first-order valence-corrected chi connectivity index (χ1v) is 10.9. The maximum absolute atomic E-state index is 5.52. The molecule has 3 aromatic rings. The Morgan fingerprint density at radius 2 is 1.71 bits per heavy atom. The summed E-state index contributed by atoms with van der Waals surface area (Å²) in [4.78, 5) is 12.0. The van der Waals surface area contributed by atoms with Gasteiger partial charge in [0.2, 0.25) is 5.95 Å². The second-order valence-electron chi connectivity index (χ2n) is 8.24. The number of hydrogen-bond donors (Lipinski definition) is 1. The van der Waals surface area contributed by atoms with Crippen molar-refractivity contribution in [1.82, 2.24) is 9.97 Å². The molecule has 2 aliphatic rings. The summed E-state index contributed by atoms with van der Waals surface area (Å²) in [5, 5.41) is 3.43. The molecule has 31 heavy (non-hydrogen) atoms. The van der Waals surface area contributed by atoms with Gasteiger partial charge in [0.15, 0.2) is 11.5 Å². The summed E-state index contributed by atoms with van der Waals surface area (Å²) in [5.41, 5.74) is 4.94. The molecule has 0 amide bonds. The Hall–Kier alpha value is -3.28. The molecule has 1 saturated carbocycles. The topological polar surface area (TPSA) is 59.5 Å². The Morgan fingerprint density at radius 1 is 0.968 bits per heavy atom. The third-order valence-corrected chi connectivity index (χ3v) is 6.06. The number of anilines is 2. The number of rotatable bonds is 7. The monoisotopic (exact) mass is 416 g/mol. The normalized spacial score (nSPS) is 15.4. The summed E-state index contributed by atoms with van der Waals surface area (Å²) in [6.07, 6.45) is 3.38. The highest BCUT2D eigenvalue weighted by atomic mass is 16.5. The van der Waals surface area contributed by atoms with Crippen molar-refractivity contribution >= 4 is 11.8 Å². The molecule has 160 valence electrons. The maximum Gasteiger partial charge on any atom is 0.225 e. The van der Waals surface area contributed by atoms with Crippen molar-refractivity contribution in [2.45, 2.75) is 38.3 Å². The number of hydrogen-bond acceptors (Lipinski definition) is 6. The van der Waals surface area contributed by atoms with Gasteiger partial charge in [0.1, 0.15) is 5.82 Å². The summed E-state index contributed by atoms with van der Waals surface area (Å²) in [6.45, 7) is 2.44. The highest BCUT2D eigenvalue weighted by Gasteiger charge is 2.28. The molecular weight excluding hydrogens is 388 g/mol. The van der Waals surface area contributed by atoms with E-state index in [1.165, 1.54) is 29.5 Å². The molecule has 6 heteroatoms. The quantitative estimate of drug-likeness (QED) is 0.610. The Morgan fingerprint density at radius 3 is 2.42 bits per heavy atom. The van der Waals surface area contributed by atoms with Crippen molar-refractivity contribution in [2.75, 3.05) is 31.0 Å². The molecule has 0 unspecified atom stereocenters. The zero-order valence-corrected chi connectivity index (χ0v) is 18.1. The van der Waals surface area contributed by atoms with Crippen molar-refractivity contribution in [1.29, 1.82) is 0 Å². The van der Waals surface area contributed by atoms with Crippen LogP contribution in [0.1, 0.15) is 41.1 Å². The molecule has 1 fully saturated rings. The zero-order chi connectivity index (χ0) is 21.2. The van der Waals surface area contributed by atoms with Crippen LogP contribution in [0.15, 0.2) is 48.5 Å². The van der Waals surface area contributed by atoms with Crippen molar-refractivity contribution in [2.24, 2.45) is 0 Å². The predicted octanol–water partition coefficient (Wildman–Crippen LogP) is 4.55. The van der Waals surface area contributed by atoms with Gasteiger partial charge in [-0.25, -0.2) is 4.98 Å². The Labute approximate surface area is 183 Å². The van der Waals surface area contributed by atoms with Crippen molar-refractivity contribution < 1.29 is 9.47 Å². The van der Waals surface area contributed by atoms with Crippen LogP contribution >= 0.6 is 0 Å². The van der Waals surface area contributed by atoms with Gasteiger partial charge in [-0.05, 0) is 48.1 Å². The van der Waals surface area contributed by atoms with Gasteiger partial charge in [-0.15, -0.1) is 0 Å². The Balaban J connectivity index is 1.40. The van der Waals surface area contributed by atoms with Crippen LogP contribution in [0.25, 0.3) is 0 Å². The molecule has 0 radical (unpaired) electrons. The van der Waals surface area contributed by atoms with E-state index >= 15 is 0 Å². The average Bonchev–Trinajstić information content (AvgIpc) is 3.67. The van der Waals surface area contributed by atoms with Gasteiger partial charge < -0.3 is 19.7 Å². The molecule has 0 saturated heterocycles. The van der Waals surface area contributed by atoms with Gasteiger partial charge in [0.25, 0.3) is 0 Å². The molecule has 0 atom stereocenters. The standard InChI is InChI=1S/C25H28N4O2/c1-30-22-12-19-10-11-29(16-20(19)13-23(22)31-2)24-14-21(18-8-9-18)27-25(28-24)26-15-17-6-4-3-5-7-17/h3-7,12-14,18H,8-11,15-16H2,1-2H3,(H,26,27,28). The SMILES string of the molecule is COc1cc2c(cc1OC)CN(c1cc(C3CC3)nc(NCc3ccccc3)n1)CC2. The minimum Gasteiger partial charge on any atom is -0.493 e. The van der Waals surface area contributed by atoms with Crippen LogP contribution in [-0.4, -0.2) is 30.7 Å². The van der Waals surface area contributed by atoms with Gasteiger partial charge >= 0.3 is 0 Å². The van der Waals surface area contributed by atoms with Crippen LogP contribution in [0, 0.1) is 0 Å². The molecule has 0 spiro atoms. The Bertz CT molecular complexity index is 1070. The number of fused-ring (bicyclic) bond motifs is 1. The summed E-state index contributed by atoms with van der Waals surface area (Å²) in [7, 11) is 3.37. The van der Waals surface area contributed by atoms with Gasteiger partial charge in [0.05, 0.1) is 19.9 Å². The molecule has 1 aliphatic carbocycles. The molecule has 5 rings (SSSR count). The lowest BCUT2D eigenvalue weighted by Gasteiger charge is -2.31. The van der Waals surface area contributed by atoms with E-state index in [4.69, 9.17) is 19.4 Å². The van der Waals surface area contributed by atoms with Gasteiger partial charge in [-0.3, -0.25) is 0 Å². The summed E-state index contributed by atoms with van der Waals surface area (Å²) in [5.74, 6) is 3.84. The van der Waals surface area contributed by atoms with E-state index in [1.807, 2.05) is 6.07 Å². The molecule has 2 aromatic carbocycles. The summed E-state index contributed by atoms with van der Waals surface area (Å²) >= 11 is 0. The first kappa shape index (κ1) is 19.7. The highest BCUT2D eigenvalue weighted by Crippen LogP contribution is 2.41. The largest absolute Gasteiger partial charge is 0.493 e. The van der Waals surface area contributed by atoms with Crippen molar-refractivity contribution in [3.63, 3.8) is 0 Å². The van der Waals surface area contributed by atoms with Crippen LogP contribution in [0.4, 0.5) is 11.8 Å². The lowest BCUT2D eigenvalue weighted by atomic mass is 9.98. The van der Waals surface area contributed by atoms with E-state index in [2.05, 4.69) is 52.7 Å². The van der Waals surface area contributed by atoms with Crippen LogP contribution in [0.3, 0.4) is 0 Å². The number of ether oxygens (including phenoxy) is 2. The van der Waals surface area contributed by atoms with E-state index < -0.39 is 0 Å². The minimum atomic E-state index is 0.570. The maximum atomic E-state index is 5.52. The molecule has 6 nitrogen and oxygen atoms in total. The Kier molecular flexibility index (Phi) is 5.37. The smallest absolute Gasteiger partial charge is 0.225 e. The first-order chi connectivity index (χ1) is 15.2. The molecule has 1 aromatic heterocycles. The fourth-order valence-electron chi connectivity index (χ4n) is 4.14. The predicted molar refractivity (Wildman–Crippen MR) is 122 cm³/mol. The lowest BCUT2D eigenvalue weighted by Crippen LogP contribution is -2.31. The van der Waals surface area contributed by atoms with Gasteiger partial charge in [-0.1, -0.05) is 30.3 Å². The zero-order valence-electron chi connectivity index (χ0n) is 18.1. The third kappa shape index (κ3) is 4.29. The number of methoxy groups -OCH3 is 2. The fraction of sp³-hybridized carbons (Fsp3) is 0.360. The van der Waals surface area contributed by atoms with Gasteiger partial charge in [-0.2, -0.15) is 4.98 Å². The average molecular weight is 417 g/mol. The number of aromatic nitrogens is 2. The van der Waals surface area contributed by atoms with E-state index in [9.17, 15) is 0 Å². The molecule has 2 heterocycles. The summed E-state index contributed by atoms with van der Waals surface area (Å²) < 4.78 is 11.0. The number of nitrogens with zero attached hydrogens (tertiary/aromatic N) is 3. The van der Waals surface area contributed by atoms with E-state index in [0.29, 0.717) is 18.4 Å². The van der Waals surface area contributed by atoms with Crippen molar-refractivity contribution in [3.05, 3.63) is 70.9 Å². The fourth-order valence-corrected chi connectivity index (χ4v) is 4.14. The molecule has 1 N–H and O–H groups in total. The van der Waals surface area contributed by atoms with E-state index in [1.54, 1.807) is 14.2 Å². The first-order valence-electron chi connectivity index (χ1n) is 10.9.